The molecule has 0 aliphatic heterocycles. The van der Waals surface area contributed by atoms with E-state index in [9.17, 15) is 4.79 Å². The van der Waals surface area contributed by atoms with Gasteiger partial charge in [-0.15, -0.1) is 0 Å². The summed E-state index contributed by atoms with van der Waals surface area (Å²) in [5, 5.41) is 3.65. The first-order valence-corrected chi connectivity index (χ1v) is 3.85. The van der Waals surface area contributed by atoms with Gasteiger partial charge in [-0.05, 0) is 13.3 Å². The summed E-state index contributed by atoms with van der Waals surface area (Å²) in [5.74, 6) is 0.399. The van der Waals surface area contributed by atoms with Gasteiger partial charge in [0.05, 0.1) is 0 Å². The van der Waals surface area contributed by atoms with E-state index in [1.54, 1.807) is 4.57 Å². The average Bonchev–Trinajstić information content (AvgIpc) is 2.33. The summed E-state index contributed by atoms with van der Waals surface area (Å²) in [5.41, 5.74) is 0. The Balaban J connectivity index is 2.96. The highest BCUT2D eigenvalue weighted by atomic mass is 16.5. The second-order valence-corrected chi connectivity index (χ2v) is 2.36. The second-order valence-electron chi connectivity index (χ2n) is 2.36. The third-order valence-electron chi connectivity index (χ3n) is 1.55. The van der Waals surface area contributed by atoms with E-state index in [-0.39, 0.29) is 5.76 Å². The third-order valence-corrected chi connectivity index (χ3v) is 1.55. The first-order chi connectivity index (χ1) is 5.29. The summed E-state index contributed by atoms with van der Waals surface area (Å²) in [6.07, 6.45) is 1.78. The van der Waals surface area contributed by atoms with Crippen molar-refractivity contribution in [2.24, 2.45) is 0 Å². The standard InChI is InChI=1S/C7H12N2O2/c1-3-5-6-8-11-7(10)9(6)4-2/h3-5H2,1-2H3. The number of hydrogen-bond donors (Lipinski definition) is 0. The van der Waals surface area contributed by atoms with Gasteiger partial charge < -0.3 is 0 Å². The van der Waals surface area contributed by atoms with E-state index in [0.29, 0.717) is 6.54 Å². The van der Waals surface area contributed by atoms with Gasteiger partial charge in [0.2, 0.25) is 0 Å². The minimum absolute atomic E-state index is 0.351. The molecule has 1 aromatic heterocycles. The fraction of sp³-hybridized carbons (Fsp3) is 0.714. The van der Waals surface area contributed by atoms with Crippen LogP contribution in [0.25, 0.3) is 0 Å². The van der Waals surface area contributed by atoms with Crippen molar-refractivity contribution in [3.63, 3.8) is 0 Å². The van der Waals surface area contributed by atoms with Crippen LogP contribution in [0.3, 0.4) is 0 Å². The molecule has 4 heteroatoms. The first-order valence-electron chi connectivity index (χ1n) is 3.85. The Morgan fingerprint density at radius 1 is 1.55 bits per heavy atom. The van der Waals surface area contributed by atoms with Crippen molar-refractivity contribution in [3.8, 4) is 0 Å². The molecule has 0 aromatic carbocycles. The van der Waals surface area contributed by atoms with Crippen molar-refractivity contribution in [2.45, 2.75) is 33.2 Å². The van der Waals surface area contributed by atoms with Crippen LogP contribution in [0.1, 0.15) is 26.1 Å². The normalized spacial score (nSPS) is 10.4. The summed E-state index contributed by atoms with van der Waals surface area (Å²) < 4.78 is 6.04. The van der Waals surface area contributed by atoms with Crippen molar-refractivity contribution < 1.29 is 4.52 Å². The lowest BCUT2D eigenvalue weighted by Gasteiger charge is -1.96. The molecule has 11 heavy (non-hydrogen) atoms. The fourth-order valence-corrected chi connectivity index (χ4v) is 1.01. The zero-order valence-corrected chi connectivity index (χ0v) is 6.83. The number of aryl methyl sites for hydroxylation is 1. The highest BCUT2D eigenvalue weighted by molar-refractivity contribution is 4.82. The lowest BCUT2D eigenvalue weighted by atomic mass is 10.3. The molecule has 1 heterocycles. The average molecular weight is 156 g/mol. The molecule has 0 atom stereocenters. The molecule has 0 fully saturated rings. The Labute approximate surface area is 64.8 Å². The number of nitrogens with zero attached hydrogens (tertiary/aromatic N) is 2. The Kier molecular flexibility index (Phi) is 2.46. The molecule has 1 rings (SSSR count). The van der Waals surface area contributed by atoms with Gasteiger partial charge in [0.15, 0.2) is 5.82 Å². The van der Waals surface area contributed by atoms with Crippen molar-refractivity contribution in [1.82, 2.24) is 9.72 Å². The molecule has 4 nitrogen and oxygen atoms in total. The Hall–Kier alpha value is -1.06. The van der Waals surface area contributed by atoms with Crippen molar-refractivity contribution in [3.05, 3.63) is 16.4 Å². The minimum atomic E-state index is -0.351. The van der Waals surface area contributed by atoms with E-state index in [0.717, 1.165) is 18.7 Å². The van der Waals surface area contributed by atoms with E-state index in [4.69, 9.17) is 0 Å². The van der Waals surface area contributed by atoms with Crippen molar-refractivity contribution >= 4 is 0 Å². The van der Waals surface area contributed by atoms with Crippen LogP contribution < -0.4 is 5.76 Å². The summed E-state index contributed by atoms with van der Waals surface area (Å²) in [4.78, 5) is 10.9. The molecule has 0 unspecified atom stereocenters. The van der Waals surface area contributed by atoms with Crippen molar-refractivity contribution in [1.29, 1.82) is 0 Å². The molecule has 0 radical (unpaired) electrons. The highest BCUT2D eigenvalue weighted by Crippen LogP contribution is 1.95. The highest BCUT2D eigenvalue weighted by Gasteiger charge is 2.05. The maximum Gasteiger partial charge on any atom is 0.441 e. The second kappa shape index (κ2) is 3.37. The monoisotopic (exact) mass is 156 g/mol. The quantitative estimate of drug-likeness (QED) is 0.650. The summed E-state index contributed by atoms with van der Waals surface area (Å²) >= 11 is 0. The molecule has 0 bridgehead atoms. The Morgan fingerprint density at radius 2 is 2.27 bits per heavy atom. The number of aromatic nitrogens is 2. The molecular formula is C7H12N2O2. The van der Waals surface area contributed by atoms with E-state index in [1.807, 2.05) is 13.8 Å². The molecule has 0 spiro atoms. The molecular weight excluding hydrogens is 144 g/mol. The van der Waals surface area contributed by atoms with Crippen LogP contribution in [0.2, 0.25) is 0 Å². The van der Waals surface area contributed by atoms with Gasteiger partial charge in [0, 0.05) is 13.0 Å². The van der Waals surface area contributed by atoms with Gasteiger partial charge in [-0.25, -0.2) is 4.79 Å². The number of hydrogen-bond acceptors (Lipinski definition) is 3. The molecule has 0 amide bonds. The van der Waals surface area contributed by atoms with Crippen LogP contribution in [0, 0.1) is 0 Å². The molecule has 62 valence electrons. The summed E-state index contributed by atoms with van der Waals surface area (Å²) in [7, 11) is 0. The van der Waals surface area contributed by atoms with E-state index in [2.05, 4.69) is 9.68 Å². The molecule has 0 aliphatic rings. The third kappa shape index (κ3) is 1.50. The zero-order valence-electron chi connectivity index (χ0n) is 6.83. The SMILES string of the molecule is CCCc1noc(=O)n1CC. The smallest absolute Gasteiger partial charge is 0.296 e. The maximum absolute atomic E-state index is 10.9. The van der Waals surface area contributed by atoms with Crippen LogP contribution in [0.5, 0.6) is 0 Å². The van der Waals surface area contributed by atoms with E-state index in [1.165, 1.54) is 0 Å². The van der Waals surface area contributed by atoms with Gasteiger partial charge in [0.1, 0.15) is 0 Å². The lowest BCUT2D eigenvalue weighted by molar-refractivity contribution is 0.374. The summed E-state index contributed by atoms with van der Waals surface area (Å²) in [6.45, 7) is 4.58. The fourth-order valence-electron chi connectivity index (χ4n) is 1.01. The largest absolute Gasteiger partial charge is 0.441 e. The van der Waals surface area contributed by atoms with Crippen LogP contribution in [-0.2, 0) is 13.0 Å². The molecule has 1 aromatic rings. The van der Waals surface area contributed by atoms with Crippen LogP contribution in [0.15, 0.2) is 9.32 Å². The molecule has 0 N–H and O–H groups in total. The van der Waals surface area contributed by atoms with Crippen molar-refractivity contribution in [2.75, 3.05) is 0 Å². The molecule has 0 saturated carbocycles. The van der Waals surface area contributed by atoms with E-state index >= 15 is 0 Å². The maximum atomic E-state index is 10.9. The van der Waals surface area contributed by atoms with Crippen LogP contribution in [0.4, 0.5) is 0 Å². The Bertz CT molecular complexity index is 274. The van der Waals surface area contributed by atoms with Crippen LogP contribution >= 0.6 is 0 Å². The van der Waals surface area contributed by atoms with E-state index < -0.39 is 0 Å². The number of rotatable bonds is 3. The van der Waals surface area contributed by atoms with Gasteiger partial charge >= 0.3 is 5.76 Å². The van der Waals surface area contributed by atoms with Gasteiger partial charge in [-0.3, -0.25) is 9.09 Å². The van der Waals surface area contributed by atoms with Gasteiger partial charge in [0.25, 0.3) is 0 Å². The zero-order chi connectivity index (χ0) is 8.27. The Morgan fingerprint density at radius 3 is 2.82 bits per heavy atom. The predicted octanol–water partition coefficient (Wildman–Crippen LogP) is 0.809. The minimum Gasteiger partial charge on any atom is -0.296 e. The van der Waals surface area contributed by atoms with Gasteiger partial charge in [-0.2, -0.15) is 0 Å². The van der Waals surface area contributed by atoms with Crippen LogP contribution in [-0.4, -0.2) is 9.72 Å². The molecule has 0 saturated heterocycles. The molecule has 0 aliphatic carbocycles. The lowest BCUT2D eigenvalue weighted by Crippen LogP contribution is -2.15. The first kappa shape index (κ1) is 8.04. The predicted molar refractivity (Wildman–Crippen MR) is 40.4 cm³/mol. The topological polar surface area (TPSA) is 48.0 Å². The summed E-state index contributed by atoms with van der Waals surface area (Å²) in [6, 6.07) is 0. The van der Waals surface area contributed by atoms with Gasteiger partial charge in [-0.1, -0.05) is 12.1 Å².